The van der Waals surface area contributed by atoms with Crippen LogP contribution in [0.2, 0.25) is 0 Å². The number of aromatic nitrogens is 2. The maximum Gasteiger partial charge on any atom is 0.0636 e. The molecule has 0 bridgehead atoms. The summed E-state index contributed by atoms with van der Waals surface area (Å²) in [5.41, 5.74) is 3.67. The zero-order valence-electron chi connectivity index (χ0n) is 6.48. The van der Waals surface area contributed by atoms with Gasteiger partial charge in [0.25, 0.3) is 0 Å². The molecule has 0 radical (unpaired) electrons. The number of rotatable bonds is 1. The van der Waals surface area contributed by atoms with Gasteiger partial charge in [-0.2, -0.15) is 5.10 Å². The molecule has 0 spiro atoms. The van der Waals surface area contributed by atoms with Gasteiger partial charge in [-0.3, -0.25) is 4.68 Å². The molecule has 1 heterocycles. The van der Waals surface area contributed by atoms with Crippen molar-refractivity contribution in [3.8, 4) is 0 Å². The van der Waals surface area contributed by atoms with Crippen molar-refractivity contribution in [3.05, 3.63) is 17.0 Å². The third-order valence-electron chi connectivity index (χ3n) is 1.79. The van der Waals surface area contributed by atoms with Gasteiger partial charge in [0.1, 0.15) is 0 Å². The van der Waals surface area contributed by atoms with Gasteiger partial charge < -0.3 is 0 Å². The lowest BCUT2D eigenvalue weighted by molar-refractivity contribution is 0.730. The first kappa shape index (κ1) is 7.79. The maximum atomic E-state index is 4.27. The molecule has 0 amide bonds. The smallest absolute Gasteiger partial charge is 0.0636 e. The third-order valence-corrected chi connectivity index (χ3v) is 2.35. The molecular weight excluding hydrogens is 192 g/mol. The monoisotopic (exact) mass is 202 g/mol. The molecule has 0 aliphatic rings. The van der Waals surface area contributed by atoms with E-state index in [9.17, 15) is 0 Å². The lowest BCUT2D eigenvalue weighted by atomic mass is 10.2. The molecule has 0 fully saturated rings. The first-order valence-corrected chi connectivity index (χ1v) is 4.34. The molecule has 0 aliphatic carbocycles. The van der Waals surface area contributed by atoms with Gasteiger partial charge in [0, 0.05) is 23.6 Å². The van der Waals surface area contributed by atoms with Crippen LogP contribution in [0.1, 0.15) is 17.0 Å². The van der Waals surface area contributed by atoms with Gasteiger partial charge in [-0.1, -0.05) is 15.9 Å². The van der Waals surface area contributed by atoms with Crippen molar-refractivity contribution in [2.45, 2.75) is 19.2 Å². The van der Waals surface area contributed by atoms with Gasteiger partial charge in [0.15, 0.2) is 0 Å². The SMILES string of the molecule is Cc1nn(C)c(C)c1CBr. The normalized spacial score (nSPS) is 10.4. The minimum absolute atomic E-state index is 0.901. The standard InChI is InChI=1S/C7H11BrN2/c1-5-7(4-8)6(2)10(3)9-5/h4H2,1-3H3. The topological polar surface area (TPSA) is 17.8 Å². The van der Waals surface area contributed by atoms with Crippen molar-refractivity contribution in [2.24, 2.45) is 7.05 Å². The maximum absolute atomic E-state index is 4.27. The molecule has 0 atom stereocenters. The first-order chi connectivity index (χ1) is 4.66. The molecule has 56 valence electrons. The molecule has 0 aliphatic heterocycles. The number of hydrogen-bond donors (Lipinski definition) is 0. The summed E-state index contributed by atoms with van der Waals surface area (Å²) >= 11 is 3.42. The highest BCUT2D eigenvalue weighted by Crippen LogP contribution is 2.14. The van der Waals surface area contributed by atoms with Gasteiger partial charge in [0.05, 0.1) is 5.69 Å². The molecule has 1 aromatic rings. The molecule has 0 aromatic carbocycles. The summed E-state index contributed by atoms with van der Waals surface area (Å²) < 4.78 is 1.91. The van der Waals surface area contributed by atoms with Gasteiger partial charge in [-0.15, -0.1) is 0 Å². The van der Waals surface area contributed by atoms with E-state index in [1.807, 2.05) is 18.7 Å². The van der Waals surface area contributed by atoms with E-state index in [0.717, 1.165) is 11.0 Å². The lowest BCUT2D eigenvalue weighted by Gasteiger charge is -1.93. The second-order valence-electron chi connectivity index (χ2n) is 2.41. The van der Waals surface area contributed by atoms with Gasteiger partial charge >= 0.3 is 0 Å². The number of hydrogen-bond acceptors (Lipinski definition) is 1. The van der Waals surface area contributed by atoms with Crippen LogP contribution in [-0.4, -0.2) is 9.78 Å². The van der Waals surface area contributed by atoms with Crippen molar-refractivity contribution in [1.82, 2.24) is 9.78 Å². The van der Waals surface area contributed by atoms with Gasteiger partial charge in [0.2, 0.25) is 0 Å². The van der Waals surface area contributed by atoms with E-state index in [2.05, 4.69) is 28.0 Å². The Kier molecular flexibility index (Phi) is 2.14. The number of aryl methyl sites for hydroxylation is 2. The highest BCUT2D eigenvalue weighted by molar-refractivity contribution is 9.08. The van der Waals surface area contributed by atoms with Crippen molar-refractivity contribution in [3.63, 3.8) is 0 Å². The summed E-state index contributed by atoms with van der Waals surface area (Å²) in [5.74, 6) is 0. The van der Waals surface area contributed by atoms with Gasteiger partial charge in [-0.05, 0) is 13.8 Å². The van der Waals surface area contributed by atoms with Gasteiger partial charge in [-0.25, -0.2) is 0 Å². The van der Waals surface area contributed by atoms with Crippen molar-refractivity contribution in [1.29, 1.82) is 0 Å². The largest absolute Gasteiger partial charge is 0.272 e. The van der Waals surface area contributed by atoms with E-state index in [4.69, 9.17) is 0 Å². The highest BCUT2D eigenvalue weighted by Gasteiger charge is 2.05. The molecule has 0 N–H and O–H groups in total. The fraction of sp³-hybridized carbons (Fsp3) is 0.571. The predicted octanol–water partition coefficient (Wildman–Crippen LogP) is 1.93. The Morgan fingerprint density at radius 2 is 2.10 bits per heavy atom. The third kappa shape index (κ3) is 1.10. The van der Waals surface area contributed by atoms with Crippen LogP contribution in [0, 0.1) is 13.8 Å². The van der Waals surface area contributed by atoms with E-state index in [1.54, 1.807) is 0 Å². The Bertz CT molecular complexity index is 240. The molecule has 3 heteroatoms. The Morgan fingerprint density at radius 3 is 2.30 bits per heavy atom. The molecule has 10 heavy (non-hydrogen) atoms. The molecule has 0 saturated carbocycles. The zero-order chi connectivity index (χ0) is 7.72. The molecule has 1 aromatic heterocycles. The Morgan fingerprint density at radius 1 is 1.50 bits per heavy atom. The second-order valence-corrected chi connectivity index (χ2v) is 2.97. The van der Waals surface area contributed by atoms with E-state index in [1.165, 1.54) is 11.3 Å². The summed E-state index contributed by atoms with van der Waals surface area (Å²) in [6.45, 7) is 4.11. The predicted molar refractivity (Wildman–Crippen MR) is 45.3 cm³/mol. The van der Waals surface area contributed by atoms with Crippen molar-refractivity contribution in [2.75, 3.05) is 0 Å². The van der Waals surface area contributed by atoms with Crippen LogP contribution in [0.5, 0.6) is 0 Å². The average molecular weight is 203 g/mol. The van der Waals surface area contributed by atoms with E-state index < -0.39 is 0 Å². The molecule has 1 rings (SSSR count). The Hall–Kier alpha value is -0.310. The molecule has 0 unspecified atom stereocenters. The van der Waals surface area contributed by atoms with E-state index >= 15 is 0 Å². The van der Waals surface area contributed by atoms with Crippen molar-refractivity contribution < 1.29 is 0 Å². The zero-order valence-corrected chi connectivity index (χ0v) is 8.07. The van der Waals surface area contributed by atoms with Crippen molar-refractivity contribution >= 4 is 15.9 Å². The van der Waals surface area contributed by atoms with Crippen LogP contribution < -0.4 is 0 Å². The van der Waals surface area contributed by atoms with Crippen LogP contribution in [0.4, 0.5) is 0 Å². The van der Waals surface area contributed by atoms with Crippen LogP contribution in [-0.2, 0) is 12.4 Å². The summed E-state index contributed by atoms with van der Waals surface area (Å²) in [5, 5.41) is 5.17. The molecule has 2 nitrogen and oxygen atoms in total. The van der Waals surface area contributed by atoms with Crippen LogP contribution in [0.15, 0.2) is 0 Å². The van der Waals surface area contributed by atoms with Crippen LogP contribution >= 0.6 is 15.9 Å². The number of halogens is 1. The van der Waals surface area contributed by atoms with Crippen LogP contribution in [0.3, 0.4) is 0 Å². The number of nitrogens with zero attached hydrogens (tertiary/aromatic N) is 2. The van der Waals surface area contributed by atoms with E-state index in [-0.39, 0.29) is 0 Å². The fourth-order valence-corrected chi connectivity index (χ4v) is 1.82. The van der Waals surface area contributed by atoms with Crippen LogP contribution in [0.25, 0.3) is 0 Å². The summed E-state index contributed by atoms with van der Waals surface area (Å²) in [4.78, 5) is 0. The van der Waals surface area contributed by atoms with E-state index in [0.29, 0.717) is 0 Å². The minimum atomic E-state index is 0.901. The fourth-order valence-electron chi connectivity index (χ4n) is 1.01. The molecular formula is C7H11BrN2. The molecule has 0 saturated heterocycles. The highest BCUT2D eigenvalue weighted by atomic mass is 79.9. The Balaban J connectivity index is 3.20. The minimum Gasteiger partial charge on any atom is -0.272 e. The summed E-state index contributed by atoms with van der Waals surface area (Å²) in [6, 6.07) is 0. The average Bonchev–Trinajstić information content (AvgIpc) is 2.09. The summed E-state index contributed by atoms with van der Waals surface area (Å²) in [6.07, 6.45) is 0. The first-order valence-electron chi connectivity index (χ1n) is 3.22. The summed E-state index contributed by atoms with van der Waals surface area (Å²) in [7, 11) is 1.97. The quantitative estimate of drug-likeness (QED) is 0.637. The Labute approximate surface area is 69.4 Å². The lowest BCUT2D eigenvalue weighted by Crippen LogP contribution is -1.92. The number of alkyl halides is 1. The second kappa shape index (κ2) is 2.74.